The maximum Gasteiger partial charge on any atom is 0.191 e. The zero-order valence-corrected chi connectivity index (χ0v) is 13.1. The number of thiocarbonyl (C=S) groups is 1. The van der Waals surface area contributed by atoms with E-state index in [1.54, 1.807) is 12.1 Å². The summed E-state index contributed by atoms with van der Waals surface area (Å²) in [6, 6.07) is 12.4. The van der Waals surface area contributed by atoms with Crippen molar-refractivity contribution >= 4 is 29.2 Å². The van der Waals surface area contributed by atoms with Crippen LogP contribution in [0.5, 0.6) is 5.75 Å². The summed E-state index contributed by atoms with van der Waals surface area (Å²) in [7, 11) is 1.42. The van der Waals surface area contributed by atoms with Crippen molar-refractivity contribution in [2.45, 2.75) is 6.92 Å². The van der Waals surface area contributed by atoms with E-state index in [-0.39, 0.29) is 5.75 Å². The Morgan fingerprint density at radius 1 is 1.23 bits per heavy atom. The minimum Gasteiger partial charge on any atom is -0.494 e. The van der Waals surface area contributed by atoms with Gasteiger partial charge in [0.25, 0.3) is 0 Å². The molecular weight excluding hydrogens is 301 g/mol. The van der Waals surface area contributed by atoms with E-state index in [0.717, 1.165) is 5.69 Å². The van der Waals surface area contributed by atoms with Crippen LogP contribution in [0.15, 0.2) is 47.6 Å². The van der Waals surface area contributed by atoms with Crippen molar-refractivity contribution in [2.24, 2.45) is 5.10 Å². The summed E-state index contributed by atoms with van der Waals surface area (Å²) in [4.78, 5) is 0. The molecule has 2 N–H and O–H groups in total. The molecule has 0 fully saturated rings. The number of hydrogen-bond acceptors (Lipinski definition) is 3. The molecule has 0 bridgehead atoms. The van der Waals surface area contributed by atoms with Crippen LogP contribution in [-0.2, 0) is 0 Å². The molecule has 0 aromatic heterocycles. The minimum absolute atomic E-state index is 0.196. The first-order valence-corrected chi connectivity index (χ1v) is 6.99. The lowest BCUT2D eigenvalue weighted by Gasteiger charge is -2.07. The average molecular weight is 317 g/mol. The van der Waals surface area contributed by atoms with E-state index >= 15 is 0 Å². The summed E-state index contributed by atoms with van der Waals surface area (Å²) in [5.74, 6) is -0.242. The van der Waals surface area contributed by atoms with Gasteiger partial charge in [-0.25, -0.2) is 4.39 Å². The fourth-order valence-electron chi connectivity index (χ4n) is 1.72. The number of hydrogen-bond donors (Lipinski definition) is 2. The Morgan fingerprint density at radius 3 is 2.59 bits per heavy atom. The smallest absolute Gasteiger partial charge is 0.191 e. The molecule has 0 amide bonds. The van der Waals surface area contributed by atoms with Crippen LogP contribution < -0.4 is 15.5 Å². The highest BCUT2D eigenvalue weighted by Gasteiger charge is 2.01. The topological polar surface area (TPSA) is 45.6 Å². The third-order valence-electron chi connectivity index (χ3n) is 2.87. The van der Waals surface area contributed by atoms with Crippen molar-refractivity contribution in [3.63, 3.8) is 0 Å². The van der Waals surface area contributed by atoms with E-state index in [4.69, 9.17) is 17.0 Å². The van der Waals surface area contributed by atoms with Crippen molar-refractivity contribution in [1.29, 1.82) is 0 Å². The molecular formula is C16H16FN3OS. The molecule has 0 radical (unpaired) electrons. The second-order valence-corrected chi connectivity index (χ2v) is 4.99. The van der Waals surface area contributed by atoms with Gasteiger partial charge in [-0.2, -0.15) is 5.10 Å². The maximum atomic E-state index is 13.5. The Bertz CT molecular complexity index is 686. The lowest BCUT2D eigenvalue weighted by molar-refractivity contribution is 0.386. The van der Waals surface area contributed by atoms with Crippen LogP contribution in [0, 0.1) is 12.7 Å². The van der Waals surface area contributed by atoms with Crippen LogP contribution in [0.1, 0.15) is 11.1 Å². The van der Waals surface area contributed by atoms with Gasteiger partial charge in [-0.3, -0.25) is 5.43 Å². The van der Waals surface area contributed by atoms with Crippen molar-refractivity contribution in [3.8, 4) is 5.75 Å². The summed E-state index contributed by atoms with van der Waals surface area (Å²) in [6.07, 6.45) is 1.48. The summed E-state index contributed by atoms with van der Waals surface area (Å²) in [5.41, 5.74) is 5.32. The molecule has 0 saturated carbocycles. The Hall–Kier alpha value is -2.47. The largest absolute Gasteiger partial charge is 0.494 e. The van der Waals surface area contributed by atoms with Gasteiger partial charge in [0.05, 0.1) is 13.3 Å². The second kappa shape index (κ2) is 7.51. The first-order chi connectivity index (χ1) is 10.6. The van der Waals surface area contributed by atoms with Crippen molar-refractivity contribution in [3.05, 3.63) is 59.4 Å². The molecule has 0 aliphatic rings. The van der Waals surface area contributed by atoms with Gasteiger partial charge >= 0.3 is 0 Å². The number of hydrazone groups is 1. The standard InChI is InChI=1S/C16H16FN3OS/c1-11-3-6-13(7-4-11)19-16(22)20-18-10-12-5-8-15(21-2)14(17)9-12/h3-10H,1-2H3,(H2,19,20,22)/b18-10-. The van der Waals surface area contributed by atoms with Crippen LogP contribution in [0.3, 0.4) is 0 Å². The number of benzene rings is 2. The van der Waals surface area contributed by atoms with Crippen LogP contribution in [-0.4, -0.2) is 18.4 Å². The van der Waals surface area contributed by atoms with Gasteiger partial charge in [0.15, 0.2) is 16.7 Å². The van der Waals surface area contributed by atoms with Crippen molar-refractivity contribution in [1.82, 2.24) is 5.43 Å². The minimum atomic E-state index is -0.438. The molecule has 6 heteroatoms. The van der Waals surface area contributed by atoms with Crippen LogP contribution in [0.4, 0.5) is 10.1 Å². The highest BCUT2D eigenvalue weighted by molar-refractivity contribution is 7.80. The Kier molecular flexibility index (Phi) is 5.43. The zero-order chi connectivity index (χ0) is 15.9. The number of aryl methyl sites for hydroxylation is 1. The van der Waals surface area contributed by atoms with Gasteiger partial charge < -0.3 is 10.1 Å². The highest BCUT2D eigenvalue weighted by atomic mass is 32.1. The molecule has 0 saturated heterocycles. The SMILES string of the molecule is COc1ccc(/C=N\NC(=S)Nc2ccc(C)cc2)cc1F. The summed E-state index contributed by atoms with van der Waals surface area (Å²) in [6.45, 7) is 2.01. The van der Waals surface area contributed by atoms with E-state index in [1.807, 2.05) is 31.2 Å². The number of methoxy groups -OCH3 is 1. The molecule has 0 aliphatic carbocycles. The first-order valence-electron chi connectivity index (χ1n) is 6.59. The van der Waals surface area contributed by atoms with Gasteiger partial charge in [-0.05, 0) is 55.0 Å². The van der Waals surface area contributed by atoms with E-state index in [1.165, 1.54) is 25.0 Å². The highest BCUT2D eigenvalue weighted by Crippen LogP contribution is 2.16. The van der Waals surface area contributed by atoms with Gasteiger partial charge in [0, 0.05) is 5.69 Å². The molecule has 2 rings (SSSR count). The molecule has 114 valence electrons. The third-order valence-corrected chi connectivity index (χ3v) is 3.06. The van der Waals surface area contributed by atoms with Crippen LogP contribution in [0.2, 0.25) is 0 Å². The molecule has 0 unspecified atom stereocenters. The van der Waals surface area contributed by atoms with Crippen LogP contribution in [0.25, 0.3) is 0 Å². The third kappa shape index (κ3) is 4.53. The predicted molar refractivity (Wildman–Crippen MR) is 91.1 cm³/mol. The number of nitrogens with one attached hydrogen (secondary N) is 2. The number of nitrogens with zero attached hydrogens (tertiary/aromatic N) is 1. The monoisotopic (exact) mass is 317 g/mol. The van der Waals surface area contributed by atoms with Gasteiger partial charge in [-0.1, -0.05) is 17.7 Å². The molecule has 4 nitrogen and oxygen atoms in total. The lowest BCUT2D eigenvalue weighted by Crippen LogP contribution is -2.23. The first kappa shape index (κ1) is 15.9. The van der Waals surface area contributed by atoms with Crippen LogP contribution >= 0.6 is 12.2 Å². The quantitative estimate of drug-likeness (QED) is 0.515. The zero-order valence-electron chi connectivity index (χ0n) is 12.3. The molecule has 0 spiro atoms. The van der Waals surface area contributed by atoms with E-state index in [0.29, 0.717) is 10.7 Å². The fourth-order valence-corrected chi connectivity index (χ4v) is 1.89. The predicted octanol–water partition coefficient (Wildman–Crippen LogP) is 3.46. The Morgan fingerprint density at radius 2 is 1.95 bits per heavy atom. The maximum absolute atomic E-state index is 13.5. The molecule has 0 atom stereocenters. The Labute approximate surface area is 134 Å². The van der Waals surface area contributed by atoms with Crippen molar-refractivity contribution in [2.75, 3.05) is 12.4 Å². The summed E-state index contributed by atoms with van der Waals surface area (Å²) in [5, 5.41) is 7.32. The molecule has 0 heterocycles. The van der Waals surface area contributed by atoms with Gasteiger partial charge in [-0.15, -0.1) is 0 Å². The normalized spacial score (nSPS) is 10.5. The number of anilines is 1. The van der Waals surface area contributed by atoms with Gasteiger partial charge in [0.1, 0.15) is 0 Å². The molecule has 22 heavy (non-hydrogen) atoms. The molecule has 2 aromatic rings. The average Bonchev–Trinajstić information content (AvgIpc) is 2.50. The lowest BCUT2D eigenvalue weighted by atomic mass is 10.2. The number of rotatable bonds is 4. The molecule has 2 aromatic carbocycles. The van der Waals surface area contributed by atoms with Crippen molar-refractivity contribution < 1.29 is 9.13 Å². The van der Waals surface area contributed by atoms with E-state index in [2.05, 4.69) is 15.8 Å². The summed E-state index contributed by atoms with van der Waals surface area (Å²) >= 11 is 5.12. The summed E-state index contributed by atoms with van der Waals surface area (Å²) < 4.78 is 18.4. The van der Waals surface area contributed by atoms with E-state index in [9.17, 15) is 4.39 Å². The van der Waals surface area contributed by atoms with Gasteiger partial charge in [0.2, 0.25) is 0 Å². The second-order valence-electron chi connectivity index (χ2n) is 4.58. The van der Waals surface area contributed by atoms with E-state index < -0.39 is 5.82 Å². The number of halogens is 1. The number of ether oxygens (including phenoxy) is 1. The molecule has 0 aliphatic heterocycles. The fraction of sp³-hybridized carbons (Fsp3) is 0.125. The Balaban J connectivity index is 1.90.